The van der Waals surface area contributed by atoms with Crippen molar-refractivity contribution in [2.75, 3.05) is 12.9 Å². The molecule has 0 spiro atoms. The van der Waals surface area contributed by atoms with Gasteiger partial charge in [-0.15, -0.1) is 0 Å². The molecule has 13 heteroatoms. The summed E-state index contributed by atoms with van der Waals surface area (Å²) in [5.41, 5.74) is 0.141. The van der Waals surface area contributed by atoms with Crippen LogP contribution in [-0.2, 0) is 27.5 Å². The molecule has 1 N–H and O–H groups in total. The lowest BCUT2D eigenvalue weighted by atomic mass is 9.89. The first kappa shape index (κ1) is 22.2. The summed E-state index contributed by atoms with van der Waals surface area (Å²) >= 11 is 0. The van der Waals surface area contributed by atoms with E-state index in [-0.39, 0.29) is 29.5 Å². The third-order valence-electron chi connectivity index (χ3n) is 3.01. The Labute approximate surface area is 150 Å². The molecule has 1 aromatic rings. The van der Waals surface area contributed by atoms with Gasteiger partial charge in [0.1, 0.15) is 17.3 Å². The van der Waals surface area contributed by atoms with E-state index in [9.17, 15) is 26.4 Å². The van der Waals surface area contributed by atoms with Crippen molar-refractivity contribution in [1.82, 2.24) is 0 Å². The van der Waals surface area contributed by atoms with Gasteiger partial charge in [-0.05, 0) is 23.3 Å². The minimum Gasteiger partial charge on any atom is -0.480 e. The van der Waals surface area contributed by atoms with Gasteiger partial charge in [-0.1, -0.05) is 12.6 Å². The van der Waals surface area contributed by atoms with Gasteiger partial charge in [0.25, 0.3) is 10.1 Å². The van der Waals surface area contributed by atoms with E-state index in [0.717, 1.165) is 19.2 Å². The smallest absolute Gasteiger partial charge is 0.480 e. The third-order valence-corrected chi connectivity index (χ3v) is 3.74. The molecule has 0 aliphatic heterocycles. The van der Waals surface area contributed by atoms with Crippen molar-refractivity contribution >= 4 is 32.0 Å². The van der Waals surface area contributed by atoms with Gasteiger partial charge < -0.3 is 14.2 Å². The minimum atomic E-state index is -5.08. The maximum atomic E-state index is 13.0. The lowest BCUT2D eigenvalue weighted by Gasteiger charge is -2.22. The van der Waals surface area contributed by atoms with E-state index in [1.807, 2.05) is 0 Å². The minimum absolute atomic E-state index is 0.0705. The number of methoxy groups -OCH3 is 1. The topological polar surface area (TPSA) is 99.1 Å². The Morgan fingerprint density at radius 3 is 2.08 bits per heavy atom. The van der Waals surface area contributed by atoms with Crippen LogP contribution in [0.1, 0.15) is 11.1 Å². The summed E-state index contributed by atoms with van der Waals surface area (Å²) in [5.74, 6) is -2.23. The van der Waals surface area contributed by atoms with Crippen molar-refractivity contribution in [3.8, 4) is 11.5 Å². The Morgan fingerprint density at radius 1 is 1.23 bits per heavy atom. The molecule has 1 unspecified atom stereocenters. The quantitative estimate of drug-likeness (QED) is 0.324. The molecular weight excluding hydrogens is 379 g/mol. The van der Waals surface area contributed by atoms with E-state index in [4.69, 9.17) is 25.0 Å². The van der Waals surface area contributed by atoms with E-state index >= 15 is 0 Å². The maximum absolute atomic E-state index is 13.0. The molecule has 0 heterocycles. The predicted molar refractivity (Wildman–Crippen MR) is 85.3 cm³/mol. The molecule has 1 atom stereocenters. The molecule has 0 saturated heterocycles. The van der Waals surface area contributed by atoms with Crippen molar-refractivity contribution in [3.63, 3.8) is 0 Å². The number of alkyl halides is 3. The molecule has 0 amide bonds. The zero-order valence-electron chi connectivity index (χ0n) is 13.4. The second-order valence-corrected chi connectivity index (χ2v) is 6.43. The van der Waals surface area contributed by atoms with Crippen molar-refractivity contribution in [2.24, 2.45) is 0 Å². The van der Waals surface area contributed by atoms with Crippen LogP contribution >= 0.6 is 0 Å². The van der Waals surface area contributed by atoms with Gasteiger partial charge in [-0.2, -0.15) is 21.6 Å². The number of rotatable bonds is 7. The summed E-state index contributed by atoms with van der Waals surface area (Å²) in [7, 11) is 7.07. The molecule has 0 aromatic heterocycles. The lowest BCUT2D eigenvalue weighted by molar-refractivity contribution is -0.188. The van der Waals surface area contributed by atoms with Crippen molar-refractivity contribution in [2.45, 2.75) is 24.9 Å². The highest BCUT2D eigenvalue weighted by atomic mass is 32.2. The van der Waals surface area contributed by atoms with Crippen molar-refractivity contribution < 1.29 is 45.1 Å². The number of hydrogen-bond donors (Lipinski definition) is 1. The molecule has 26 heavy (non-hydrogen) atoms. The van der Waals surface area contributed by atoms with E-state index < -0.39 is 40.1 Å². The summed E-state index contributed by atoms with van der Waals surface area (Å²) in [5, 5.41) is 0. The highest BCUT2D eigenvalue weighted by Crippen LogP contribution is 2.33. The largest absolute Gasteiger partial charge is 0.513 e. The van der Waals surface area contributed by atoms with Gasteiger partial charge in [0.15, 0.2) is 0 Å². The summed E-state index contributed by atoms with van der Waals surface area (Å²) < 4.78 is 83.1. The van der Waals surface area contributed by atoms with Crippen LogP contribution in [0, 0.1) is 0 Å². The molecular formula is C13H13B2F3O7S. The van der Waals surface area contributed by atoms with E-state index in [2.05, 4.69) is 9.47 Å². The second kappa shape index (κ2) is 8.67. The zero-order valence-corrected chi connectivity index (χ0v) is 14.3. The Bertz CT molecular complexity index is 728. The number of ether oxygens (including phenoxy) is 3. The second-order valence-electron chi connectivity index (χ2n) is 4.93. The first-order chi connectivity index (χ1) is 11.9. The molecule has 4 radical (unpaired) electrons. The van der Waals surface area contributed by atoms with E-state index in [0.29, 0.717) is 0 Å². The Kier molecular flexibility index (Phi) is 7.39. The standard InChI is InChI=1S/C13H13B2F3O7S/c1-23-12(19)25-11-7(4-14)2-9(3-8(11)5-15)24-10(13(16,17)18)6-26(20,21)22/h2-3,10H,4-6H2,1H3,(H,20,21,22). The lowest BCUT2D eigenvalue weighted by Crippen LogP contribution is -2.40. The van der Waals surface area contributed by atoms with Gasteiger partial charge in [0.2, 0.25) is 6.10 Å². The summed E-state index contributed by atoms with van der Waals surface area (Å²) in [6.45, 7) is 0. The first-order valence-corrected chi connectivity index (χ1v) is 8.52. The predicted octanol–water partition coefficient (Wildman–Crippen LogP) is 1.37. The van der Waals surface area contributed by atoms with Crippen LogP contribution in [0.3, 0.4) is 0 Å². The molecule has 0 saturated carbocycles. The number of halogens is 3. The van der Waals surface area contributed by atoms with E-state index in [1.54, 1.807) is 0 Å². The fraction of sp³-hybridized carbons (Fsp3) is 0.462. The zero-order chi connectivity index (χ0) is 20.1. The number of benzene rings is 1. The van der Waals surface area contributed by atoms with Crippen LogP contribution in [0.4, 0.5) is 18.0 Å². The van der Waals surface area contributed by atoms with Gasteiger partial charge in [-0.3, -0.25) is 4.55 Å². The molecule has 7 nitrogen and oxygen atoms in total. The van der Waals surface area contributed by atoms with Crippen molar-refractivity contribution in [3.05, 3.63) is 23.3 Å². The number of carbonyl (C=O) groups excluding carboxylic acids is 1. The van der Waals surface area contributed by atoms with Crippen LogP contribution < -0.4 is 9.47 Å². The van der Waals surface area contributed by atoms with Gasteiger partial charge in [0.05, 0.1) is 22.8 Å². The fourth-order valence-corrected chi connectivity index (χ4v) is 2.54. The Hall–Kier alpha value is -1.88. The summed E-state index contributed by atoms with van der Waals surface area (Å²) in [4.78, 5) is 11.3. The monoisotopic (exact) mass is 392 g/mol. The van der Waals surface area contributed by atoms with Crippen molar-refractivity contribution in [1.29, 1.82) is 0 Å². The molecule has 0 aliphatic rings. The molecule has 140 valence electrons. The highest BCUT2D eigenvalue weighted by molar-refractivity contribution is 7.85. The average molecular weight is 392 g/mol. The van der Waals surface area contributed by atoms with Gasteiger partial charge >= 0.3 is 12.3 Å². The molecule has 0 bridgehead atoms. The first-order valence-electron chi connectivity index (χ1n) is 6.91. The van der Waals surface area contributed by atoms with Crippen LogP contribution in [0.2, 0.25) is 0 Å². The molecule has 1 rings (SSSR count). The van der Waals surface area contributed by atoms with Crippen LogP contribution in [0.25, 0.3) is 0 Å². The third kappa shape index (κ3) is 6.45. The molecule has 1 aromatic carbocycles. The summed E-state index contributed by atoms with van der Waals surface area (Å²) in [6, 6.07) is 2.06. The number of hydrogen-bond acceptors (Lipinski definition) is 6. The normalized spacial score (nSPS) is 13.1. The fourth-order valence-electron chi connectivity index (χ4n) is 1.90. The number of carbonyl (C=O) groups is 1. The van der Waals surface area contributed by atoms with Crippen LogP contribution in [0.15, 0.2) is 12.1 Å². The average Bonchev–Trinajstić information content (AvgIpc) is 2.52. The summed E-state index contributed by atoms with van der Waals surface area (Å²) in [6.07, 6.45) is -9.52. The highest BCUT2D eigenvalue weighted by Gasteiger charge is 2.44. The SMILES string of the molecule is [B]Cc1cc(OC(CS(=O)(=O)O)C(F)(F)F)cc(C[B])c1OC(=O)OC. The maximum Gasteiger partial charge on any atom is 0.513 e. The van der Waals surface area contributed by atoms with Crippen LogP contribution in [0.5, 0.6) is 11.5 Å². The molecule has 0 fully saturated rings. The Morgan fingerprint density at radius 2 is 1.73 bits per heavy atom. The van der Waals surface area contributed by atoms with Gasteiger partial charge in [-0.25, -0.2) is 4.79 Å². The Balaban J connectivity index is 3.29. The van der Waals surface area contributed by atoms with E-state index in [1.165, 1.54) is 0 Å². The van der Waals surface area contributed by atoms with Gasteiger partial charge in [0, 0.05) is 0 Å². The van der Waals surface area contributed by atoms with Crippen LogP contribution in [-0.4, -0.2) is 60.0 Å². The molecule has 0 aliphatic carbocycles.